The highest BCUT2D eigenvalue weighted by Crippen LogP contribution is 2.17. The lowest BCUT2D eigenvalue weighted by Crippen LogP contribution is -2.25. The quantitative estimate of drug-likeness (QED) is 0.887. The summed E-state index contributed by atoms with van der Waals surface area (Å²) in [6, 6.07) is 17.5. The lowest BCUT2D eigenvalue weighted by atomic mass is 10.1. The van der Waals surface area contributed by atoms with Gasteiger partial charge in [-0.15, -0.1) is 0 Å². The average Bonchev–Trinajstić information content (AvgIpc) is 2.40. The van der Waals surface area contributed by atoms with Crippen molar-refractivity contribution in [1.82, 2.24) is 0 Å². The lowest BCUT2D eigenvalue weighted by Gasteiger charge is -2.22. The Labute approximate surface area is 126 Å². The summed E-state index contributed by atoms with van der Waals surface area (Å²) in [6.45, 7) is 6.34. The second kappa shape index (κ2) is 6.44. The first-order valence-corrected chi connectivity index (χ1v) is 7.14. The van der Waals surface area contributed by atoms with Gasteiger partial charge in [-0.2, -0.15) is 0 Å². The molecule has 0 bridgehead atoms. The van der Waals surface area contributed by atoms with Gasteiger partial charge >= 0.3 is 0 Å². The van der Waals surface area contributed by atoms with E-state index < -0.39 is 0 Å². The van der Waals surface area contributed by atoms with Crippen molar-refractivity contribution in [1.29, 1.82) is 0 Å². The highest BCUT2D eigenvalue weighted by molar-refractivity contribution is 5.92. The monoisotopic (exact) mass is 282 g/mol. The molecular weight excluding hydrogens is 260 g/mol. The molecule has 1 amide bonds. The third-order valence-electron chi connectivity index (χ3n) is 2.90. The number of benzene rings is 2. The van der Waals surface area contributed by atoms with Crippen molar-refractivity contribution in [3.8, 4) is 0 Å². The van der Waals surface area contributed by atoms with Crippen LogP contribution in [0.1, 0.15) is 26.3 Å². The molecule has 0 aromatic heterocycles. The summed E-state index contributed by atoms with van der Waals surface area (Å²) >= 11 is 0. The normalized spacial score (nSPS) is 11.0. The number of hydrogen-bond donors (Lipinski definition) is 2. The van der Waals surface area contributed by atoms with Crippen LogP contribution in [0, 0.1) is 0 Å². The van der Waals surface area contributed by atoms with Gasteiger partial charge in [0.05, 0.1) is 6.42 Å². The molecule has 0 aliphatic rings. The van der Waals surface area contributed by atoms with E-state index in [-0.39, 0.29) is 11.4 Å². The third kappa shape index (κ3) is 5.30. The van der Waals surface area contributed by atoms with Crippen LogP contribution in [0.5, 0.6) is 0 Å². The number of carbonyl (C=O) groups is 1. The SMILES string of the molecule is CC(C)(C)Nc1ccc(NC(=O)Cc2ccccc2)cc1. The maximum atomic E-state index is 12.0. The molecule has 0 saturated heterocycles. The Bertz CT molecular complexity index is 583. The molecule has 110 valence electrons. The van der Waals surface area contributed by atoms with Gasteiger partial charge in [0.15, 0.2) is 0 Å². The molecule has 0 saturated carbocycles. The summed E-state index contributed by atoms with van der Waals surface area (Å²) in [4.78, 5) is 12.0. The van der Waals surface area contributed by atoms with E-state index in [0.29, 0.717) is 6.42 Å². The van der Waals surface area contributed by atoms with E-state index in [4.69, 9.17) is 0 Å². The van der Waals surface area contributed by atoms with Crippen LogP contribution in [0.25, 0.3) is 0 Å². The lowest BCUT2D eigenvalue weighted by molar-refractivity contribution is -0.115. The van der Waals surface area contributed by atoms with Gasteiger partial charge in [-0.25, -0.2) is 0 Å². The molecule has 2 rings (SSSR count). The maximum Gasteiger partial charge on any atom is 0.228 e. The number of rotatable bonds is 4. The van der Waals surface area contributed by atoms with Gasteiger partial charge in [-0.3, -0.25) is 4.79 Å². The highest BCUT2D eigenvalue weighted by Gasteiger charge is 2.09. The van der Waals surface area contributed by atoms with Gasteiger partial charge in [0.2, 0.25) is 5.91 Å². The number of hydrogen-bond acceptors (Lipinski definition) is 2. The Morgan fingerprint density at radius 2 is 1.48 bits per heavy atom. The molecule has 0 atom stereocenters. The second-order valence-corrected chi connectivity index (χ2v) is 6.16. The van der Waals surface area contributed by atoms with Crippen LogP contribution in [0.3, 0.4) is 0 Å². The second-order valence-electron chi connectivity index (χ2n) is 6.16. The zero-order valence-electron chi connectivity index (χ0n) is 12.8. The van der Waals surface area contributed by atoms with Crippen LogP contribution in [-0.2, 0) is 11.2 Å². The van der Waals surface area contributed by atoms with E-state index >= 15 is 0 Å². The van der Waals surface area contributed by atoms with Crippen molar-refractivity contribution in [3.63, 3.8) is 0 Å². The molecule has 0 heterocycles. The van der Waals surface area contributed by atoms with E-state index in [1.807, 2.05) is 54.6 Å². The molecule has 0 radical (unpaired) electrons. The predicted octanol–water partition coefficient (Wildman–Crippen LogP) is 4.08. The smallest absolute Gasteiger partial charge is 0.228 e. The number of carbonyl (C=O) groups excluding carboxylic acids is 1. The van der Waals surface area contributed by atoms with Crippen molar-refractivity contribution < 1.29 is 4.79 Å². The molecular formula is C18H22N2O. The third-order valence-corrected chi connectivity index (χ3v) is 2.90. The fourth-order valence-electron chi connectivity index (χ4n) is 2.06. The van der Waals surface area contributed by atoms with E-state index in [0.717, 1.165) is 16.9 Å². The Balaban J connectivity index is 1.92. The largest absolute Gasteiger partial charge is 0.380 e. The highest BCUT2D eigenvalue weighted by atomic mass is 16.1. The van der Waals surface area contributed by atoms with Gasteiger partial charge in [-0.1, -0.05) is 30.3 Å². The summed E-state index contributed by atoms with van der Waals surface area (Å²) in [5.41, 5.74) is 2.90. The molecule has 0 aliphatic heterocycles. The molecule has 2 aromatic carbocycles. The molecule has 2 N–H and O–H groups in total. The Morgan fingerprint density at radius 1 is 0.905 bits per heavy atom. The molecule has 0 spiro atoms. The minimum Gasteiger partial charge on any atom is -0.380 e. The van der Waals surface area contributed by atoms with Crippen LogP contribution in [0.2, 0.25) is 0 Å². The fourth-order valence-corrected chi connectivity index (χ4v) is 2.06. The Morgan fingerprint density at radius 3 is 2.05 bits per heavy atom. The van der Waals surface area contributed by atoms with E-state index in [2.05, 4.69) is 31.4 Å². The van der Waals surface area contributed by atoms with Gasteiger partial charge in [-0.05, 0) is 50.6 Å². The van der Waals surface area contributed by atoms with Crippen LogP contribution >= 0.6 is 0 Å². The van der Waals surface area contributed by atoms with E-state index in [1.54, 1.807) is 0 Å². The number of anilines is 2. The molecule has 21 heavy (non-hydrogen) atoms. The standard InChI is InChI=1S/C18H22N2O/c1-18(2,3)20-16-11-9-15(10-12-16)19-17(21)13-14-7-5-4-6-8-14/h4-12,20H,13H2,1-3H3,(H,19,21). The summed E-state index contributed by atoms with van der Waals surface area (Å²) in [5, 5.41) is 6.30. The van der Waals surface area contributed by atoms with Crippen molar-refractivity contribution in [3.05, 3.63) is 60.2 Å². The maximum absolute atomic E-state index is 12.0. The summed E-state index contributed by atoms with van der Waals surface area (Å²) in [7, 11) is 0. The van der Waals surface area contributed by atoms with E-state index in [1.165, 1.54) is 0 Å². The van der Waals surface area contributed by atoms with Crippen molar-refractivity contribution in [2.45, 2.75) is 32.7 Å². The molecule has 0 unspecified atom stereocenters. The minimum absolute atomic E-state index is 0.00210. The Hall–Kier alpha value is -2.29. The first-order valence-electron chi connectivity index (χ1n) is 7.14. The summed E-state index contributed by atoms with van der Waals surface area (Å²) in [5.74, 6) is -0.00210. The Kier molecular flexibility index (Phi) is 4.63. The van der Waals surface area contributed by atoms with Gasteiger partial charge in [0, 0.05) is 16.9 Å². The predicted molar refractivity (Wildman–Crippen MR) is 88.6 cm³/mol. The van der Waals surface area contributed by atoms with Gasteiger partial charge in [0.25, 0.3) is 0 Å². The molecule has 0 aliphatic carbocycles. The van der Waals surface area contributed by atoms with Crippen molar-refractivity contribution in [2.75, 3.05) is 10.6 Å². The van der Waals surface area contributed by atoms with Crippen LogP contribution in [-0.4, -0.2) is 11.4 Å². The van der Waals surface area contributed by atoms with Gasteiger partial charge < -0.3 is 10.6 Å². The zero-order chi connectivity index (χ0) is 15.3. The molecule has 3 nitrogen and oxygen atoms in total. The van der Waals surface area contributed by atoms with Crippen LogP contribution in [0.15, 0.2) is 54.6 Å². The first kappa shape index (κ1) is 15.1. The summed E-state index contributed by atoms with van der Waals surface area (Å²) < 4.78 is 0. The average molecular weight is 282 g/mol. The molecule has 0 fully saturated rings. The molecule has 2 aromatic rings. The topological polar surface area (TPSA) is 41.1 Å². The first-order chi connectivity index (χ1) is 9.92. The summed E-state index contributed by atoms with van der Waals surface area (Å²) in [6.07, 6.45) is 0.392. The number of amides is 1. The molecule has 3 heteroatoms. The van der Waals surface area contributed by atoms with Gasteiger partial charge in [0.1, 0.15) is 0 Å². The van der Waals surface area contributed by atoms with E-state index in [9.17, 15) is 4.79 Å². The minimum atomic E-state index is -0.00210. The van der Waals surface area contributed by atoms with Crippen LogP contribution < -0.4 is 10.6 Å². The zero-order valence-corrected chi connectivity index (χ0v) is 12.8. The van der Waals surface area contributed by atoms with Crippen molar-refractivity contribution >= 4 is 17.3 Å². The van der Waals surface area contributed by atoms with Crippen molar-refractivity contribution in [2.24, 2.45) is 0 Å². The number of nitrogens with one attached hydrogen (secondary N) is 2. The fraction of sp³-hybridized carbons (Fsp3) is 0.278. The van der Waals surface area contributed by atoms with Crippen LogP contribution in [0.4, 0.5) is 11.4 Å².